The highest BCUT2D eigenvalue weighted by molar-refractivity contribution is 5.80. The second-order valence-corrected chi connectivity index (χ2v) is 7.59. The predicted molar refractivity (Wildman–Crippen MR) is 94.4 cm³/mol. The fraction of sp³-hybridized carbons (Fsp3) is 0.600. The van der Waals surface area contributed by atoms with Gasteiger partial charge in [0.2, 0.25) is 11.8 Å². The molecule has 1 aromatic rings. The molecule has 0 unspecified atom stereocenters. The van der Waals surface area contributed by atoms with Crippen molar-refractivity contribution in [3.05, 3.63) is 35.6 Å². The van der Waals surface area contributed by atoms with E-state index in [1.165, 1.54) is 12.1 Å². The van der Waals surface area contributed by atoms with Gasteiger partial charge in [-0.25, -0.2) is 4.39 Å². The van der Waals surface area contributed by atoms with Gasteiger partial charge in [-0.3, -0.25) is 9.59 Å². The largest absolute Gasteiger partial charge is 0.342 e. The molecule has 136 valence electrons. The summed E-state index contributed by atoms with van der Waals surface area (Å²) in [6.07, 6.45) is 3.13. The number of hydrogen-bond donors (Lipinski definition) is 0. The fourth-order valence-electron chi connectivity index (χ4n) is 4.20. The van der Waals surface area contributed by atoms with Crippen LogP contribution in [0, 0.1) is 17.7 Å². The third-order valence-electron chi connectivity index (χ3n) is 5.44. The Balaban J connectivity index is 1.65. The molecule has 2 atom stereocenters. The zero-order valence-corrected chi connectivity index (χ0v) is 15.1. The van der Waals surface area contributed by atoms with Crippen molar-refractivity contribution in [2.75, 3.05) is 19.6 Å². The van der Waals surface area contributed by atoms with Crippen LogP contribution in [0.15, 0.2) is 24.3 Å². The lowest BCUT2D eigenvalue weighted by atomic mass is 9.83. The normalized spacial score (nSPS) is 23.5. The second-order valence-electron chi connectivity index (χ2n) is 7.59. The van der Waals surface area contributed by atoms with Crippen LogP contribution in [0.1, 0.15) is 38.7 Å². The first-order valence-electron chi connectivity index (χ1n) is 9.28. The Morgan fingerprint density at radius 1 is 1.24 bits per heavy atom. The number of nitrogens with zero attached hydrogens (tertiary/aromatic N) is 2. The lowest BCUT2D eigenvalue weighted by Gasteiger charge is -2.47. The summed E-state index contributed by atoms with van der Waals surface area (Å²) in [6.45, 7) is 6.12. The van der Waals surface area contributed by atoms with E-state index in [0.717, 1.165) is 44.5 Å². The Morgan fingerprint density at radius 3 is 2.76 bits per heavy atom. The van der Waals surface area contributed by atoms with Gasteiger partial charge in [0.05, 0.1) is 6.42 Å². The van der Waals surface area contributed by atoms with E-state index in [1.54, 1.807) is 12.1 Å². The fourth-order valence-corrected chi connectivity index (χ4v) is 4.20. The lowest BCUT2D eigenvalue weighted by Crippen LogP contribution is -2.57. The van der Waals surface area contributed by atoms with Crippen molar-refractivity contribution < 1.29 is 14.0 Å². The maximum absolute atomic E-state index is 13.3. The molecule has 5 heteroatoms. The van der Waals surface area contributed by atoms with Crippen molar-refractivity contribution in [2.45, 2.75) is 45.6 Å². The summed E-state index contributed by atoms with van der Waals surface area (Å²) >= 11 is 0. The van der Waals surface area contributed by atoms with Gasteiger partial charge in [0.25, 0.3) is 0 Å². The van der Waals surface area contributed by atoms with Crippen molar-refractivity contribution in [3.63, 3.8) is 0 Å². The van der Waals surface area contributed by atoms with Crippen LogP contribution in [0.5, 0.6) is 0 Å². The second kappa shape index (κ2) is 7.54. The van der Waals surface area contributed by atoms with E-state index < -0.39 is 0 Å². The maximum atomic E-state index is 13.3. The van der Waals surface area contributed by atoms with Crippen molar-refractivity contribution in [1.29, 1.82) is 0 Å². The smallest absolute Gasteiger partial charge is 0.227 e. The highest BCUT2D eigenvalue weighted by Crippen LogP contribution is 2.31. The van der Waals surface area contributed by atoms with Gasteiger partial charge < -0.3 is 9.80 Å². The van der Waals surface area contributed by atoms with E-state index in [-0.39, 0.29) is 36.0 Å². The number of piperidine rings is 2. The minimum atomic E-state index is -0.303. The molecule has 2 saturated heterocycles. The molecular weight excluding hydrogens is 319 g/mol. The van der Waals surface area contributed by atoms with E-state index >= 15 is 0 Å². The summed E-state index contributed by atoms with van der Waals surface area (Å²) in [7, 11) is 0. The van der Waals surface area contributed by atoms with Crippen LogP contribution >= 0.6 is 0 Å². The first kappa shape index (κ1) is 17.9. The van der Waals surface area contributed by atoms with Gasteiger partial charge in [-0.1, -0.05) is 26.0 Å². The van der Waals surface area contributed by atoms with E-state index in [9.17, 15) is 14.0 Å². The average Bonchev–Trinajstić information content (AvgIpc) is 2.60. The quantitative estimate of drug-likeness (QED) is 0.844. The van der Waals surface area contributed by atoms with Gasteiger partial charge in [0.15, 0.2) is 0 Å². The van der Waals surface area contributed by atoms with Crippen LogP contribution in [0.4, 0.5) is 4.39 Å². The molecule has 2 aliphatic heterocycles. The molecule has 0 aromatic heterocycles. The first-order chi connectivity index (χ1) is 12.0. The monoisotopic (exact) mass is 346 g/mol. The lowest BCUT2D eigenvalue weighted by molar-refractivity contribution is -0.142. The highest BCUT2D eigenvalue weighted by Gasteiger charge is 2.39. The number of fused-ring (bicyclic) bond motifs is 1. The molecular formula is C20H27FN2O2. The molecule has 2 fully saturated rings. The number of likely N-dealkylation sites (tertiary alicyclic amines) is 2. The van der Waals surface area contributed by atoms with E-state index in [2.05, 4.69) is 0 Å². The zero-order chi connectivity index (χ0) is 18.0. The summed E-state index contributed by atoms with van der Waals surface area (Å²) in [5, 5.41) is 0. The molecule has 2 amide bonds. The number of halogens is 1. The molecule has 3 rings (SSSR count). The Kier molecular flexibility index (Phi) is 5.40. The van der Waals surface area contributed by atoms with Crippen LogP contribution in [-0.4, -0.2) is 47.3 Å². The standard InChI is InChI=1S/C20H27FN2O2/c1-14(2)20(25)22-10-8-18-16(13-22)6-4-9-23(18)19(24)12-15-5-3-7-17(21)11-15/h3,5,7,11,14,16,18H,4,6,8-10,12-13H2,1-2H3/t16-,18-/m1/s1. The van der Waals surface area contributed by atoms with Gasteiger partial charge in [-0.05, 0) is 42.9 Å². The molecule has 1 aromatic carbocycles. The number of amides is 2. The van der Waals surface area contributed by atoms with Crippen LogP contribution in [0.3, 0.4) is 0 Å². The molecule has 0 aliphatic carbocycles. The summed E-state index contributed by atoms with van der Waals surface area (Å²) in [5.41, 5.74) is 0.722. The molecule has 0 spiro atoms. The summed E-state index contributed by atoms with van der Waals surface area (Å²) in [4.78, 5) is 29.0. The summed E-state index contributed by atoms with van der Waals surface area (Å²) < 4.78 is 13.3. The molecule has 0 saturated carbocycles. The molecule has 0 bridgehead atoms. The number of rotatable bonds is 3. The topological polar surface area (TPSA) is 40.6 Å². The van der Waals surface area contributed by atoms with E-state index in [1.807, 2.05) is 23.6 Å². The zero-order valence-electron chi connectivity index (χ0n) is 15.1. The summed E-state index contributed by atoms with van der Waals surface area (Å²) in [5.74, 6) is 0.362. The van der Waals surface area contributed by atoms with Crippen molar-refractivity contribution in [2.24, 2.45) is 11.8 Å². The molecule has 2 heterocycles. The Bertz CT molecular complexity index is 646. The number of carbonyl (C=O) groups excluding carboxylic acids is 2. The molecule has 4 nitrogen and oxygen atoms in total. The molecule has 25 heavy (non-hydrogen) atoms. The van der Waals surface area contributed by atoms with Gasteiger partial charge >= 0.3 is 0 Å². The van der Waals surface area contributed by atoms with Gasteiger partial charge in [-0.15, -0.1) is 0 Å². The number of benzene rings is 1. The SMILES string of the molecule is CC(C)C(=O)N1CC[C@@H]2[C@H](CCCN2C(=O)Cc2cccc(F)c2)C1. The highest BCUT2D eigenvalue weighted by atomic mass is 19.1. The number of carbonyl (C=O) groups is 2. The molecule has 0 N–H and O–H groups in total. The van der Waals surface area contributed by atoms with Crippen molar-refractivity contribution in [3.8, 4) is 0 Å². The predicted octanol–water partition coefficient (Wildman–Crippen LogP) is 2.86. The first-order valence-corrected chi connectivity index (χ1v) is 9.28. The van der Waals surface area contributed by atoms with E-state index in [4.69, 9.17) is 0 Å². The van der Waals surface area contributed by atoms with E-state index in [0.29, 0.717) is 5.92 Å². The van der Waals surface area contributed by atoms with Crippen molar-refractivity contribution in [1.82, 2.24) is 9.80 Å². The van der Waals surface area contributed by atoms with Crippen LogP contribution in [0.2, 0.25) is 0 Å². The maximum Gasteiger partial charge on any atom is 0.227 e. The molecule has 2 aliphatic rings. The van der Waals surface area contributed by atoms with Gasteiger partial charge in [0, 0.05) is 31.6 Å². The van der Waals surface area contributed by atoms with Crippen molar-refractivity contribution >= 4 is 11.8 Å². The van der Waals surface area contributed by atoms with Gasteiger partial charge in [0.1, 0.15) is 5.82 Å². The Hall–Kier alpha value is -1.91. The third-order valence-corrected chi connectivity index (χ3v) is 5.44. The minimum Gasteiger partial charge on any atom is -0.342 e. The minimum absolute atomic E-state index is 0.0193. The average molecular weight is 346 g/mol. The van der Waals surface area contributed by atoms with Crippen LogP contribution < -0.4 is 0 Å². The van der Waals surface area contributed by atoms with Crippen LogP contribution in [0.25, 0.3) is 0 Å². The summed E-state index contributed by atoms with van der Waals surface area (Å²) in [6, 6.07) is 6.49. The van der Waals surface area contributed by atoms with Gasteiger partial charge in [-0.2, -0.15) is 0 Å². The number of hydrogen-bond acceptors (Lipinski definition) is 2. The third kappa shape index (κ3) is 4.02. The Labute approximate surface area is 149 Å². The Morgan fingerprint density at radius 2 is 2.04 bits per heavy atom. The molecule has 0 radical (unpaired) electrons. The van der Waals surface area contributed by atoms with Crippen LogP contribution in [-0.2, 0) is 16.0 Å².